The fraction of sp³-hybridized carbons (Fsp3) is 0.462. The second-order valence-corrected chi connectivity index (χ2v) is 3.82. The van der Waals surface area contributed by atoms with Crippen LogP contribution in [0.4, 0.5) is 4.39 Å². The molecule has 0 aliphatic carbocycles. The van der Waals surface area contributed by atoms with E-state index in [9.17, 15) is 9.18 Å². The Morgan fingerprint density at radius 2 is 2.00 bits per heavy atom. The van der Waals surface area contributed by atoms with Gasteiger partial charge in [-0.3, -0.25) is 0 Å². The van der Waals surface area contributed by atoms with Gasteiger partial charge in [0.05, 0.1) is 12.7 Å². The summed E-state index contributed by atoms with van der Waals surface area (Å²) in [4.78, 5) is 11.3. The van der Waals surface area contributed by atoms with E-state index in [1.807, 2.05) is 13.8 Å². The summed E-state index contributed by atoms with van der Waals surface area (Å²) in [5.74, 6) is -0.504. The molecule has 0 aliphatic heterocycles. The van der Waals surface area contributed by atoms with Crippen LogP contribution >= 0.6 is 0 Å². The molecule has 17 heavy (non-hydrogen) atoms. The maximum Gasteiger partial charge on any atom is 0.345 e. The van der Waals surface area contributed by atoms with Crippen LogP contribution in [0.15, 0.2) is 24.3 Å². The summed E-state index contributed by atoms with van der Waals surface area (Å²) < 4.78 is 24.0. The van der Waals surface area contributed by atoms with Crippen molar-refractivity contribution in [2.75, 3.05) is 6.61 Å². The maximum absolute atomic E-state index is 13.9. The molecular weight excluding hydrogens is 223 g/mol. The fourth-order valence-electron chi connectivity index (χ4n) is 1.39. The number of carbonyl (C=O) groups is 1. The van der Waals surface area contributed by atoms with Gasteiger partial charge < -0.3 is 9.47 Å². The Hall–Kier alpha value is -1.58. The van der Waals surface area contributed by atoms with E-state index < -0.39 is 12.1 Å². The van der Waals surface area contributed by atoms with E-state index in [2.05, 4.69) is 4.74 Å². The van der Waals surface area contributed by atoms with Crippen molar-refractivity contribution in [1.82, 2.24) is 0 Å². The van der Waals surface area contributed by atoms with Crippen LogP contribution in [-0.2, 0) is 9.53 Å². The first-order chi connectivity index (χ1) is 8.06. The monoisotopic (exact) mass is 240 g/mol. The van der Waals surface area contributed by atoms with Crippen LogP contribution in [-0.4, -0.2) is 18.7 Å². The van der Waals surface area contributed by atoms with Crippen molar-refractivity contribution in [1.29, 1.82) is 0 Å². The smallest absolute Gasteiger partial charge is 0.345 e. The van der Waals surface area contributed by atoms with Crippen LogP contribution in [0.1, 0.15) is 32.5 Å². The lowest BCUT2D eigenvalue weighted by Crippen LogP contribution is -2.14. The predicted octanol–water partition coefficient (Wildman–Crippen LogP) is 3.05. The van der Waals surface area contributed by atoms with Gasteiger partial charge in [-0.05, 0) is 26.8 Å². The minimum atomic E-state index is -1.80. The Labute approximate surface area is 101 Å². The van der Waals surface area contributed by atoms with Crippen LogP contribution < -0.4 is 4.74 Å². The molecule has 1 atom stereocenters. The standard InChI is InChI=1S/C13H17FO3/c1-4-16-13(15)12(14)10-7-5-6-8-11(10)17-9(2)3/h5-9,12H,4H2,1-3H3. The van der Waals surface area contributed by atoms with Crippen molar-refractivity contribution in [3.63, 3.8) is 0 Å². The highest BCUT2D eigenvalue weighted by atomic mass is 19.1. The molecule has 0 heterocycles. The van der Waals surface area contributed by atoms with E-state index in [1.54, 1.807) is 25.1 Å². The van der Waals surface area contributed by atoms with Gasteiger partial charge in [0, 0.05) is 5.56 Å². The second kappa shape index (κ2) is 6.23. The lowest BCUT2D eigenvalue weighted by atomic mass is 10.1. The number of alkyl halides is 1. The van der Waals surface area contributed by atoms with E-state index in [0.29, 0.717) is 5.75 Å². The zero-order chi connectivity index (χ0) is 12.8. The topological polar surface area (TPSA) is 35.5 Å². The molecule has 0 fully saturated rings. The summed E-state index contributed by atoms with van der Waals surface area (Å²) in [5, 5.41) is 0. The Kier molecular flexibility index (Phi) is 4.94. The van der Waals surface area contributed by atoms with Crippen molar-refractivity contribution in [2.24, 2.45) is 0 Å². The maximum atomic E-state index is 13.9. The molecule has 0 aliphatic rings. The largest absolute Gasteiger partial charge is 0.491 e. The first kappa shape index (κ1) is 13.5. The van der Waals surface area contributed by atoms with Crippen LogP contribution in [0.5, 0.6) is 5.75 Å². The first-order valence-corrected chi connectivity index (χ1v) is 5.62. The summed E-state index contributed by atoms with van der Waals surface area (Å²) in [6.07, 6.45) is -1.88. The number of halogens is 1. The van der Waals surface area contributed by atoms with E-state index in [4.69, 9.17) is 4.74 Å². The number of esters is 1. The third kappa shape index (κ3) is 3.73. The zero-order valence-electron chi connectivity index (χ0n) is 10.3. The van der Waals surface area contributed by atoms with Gasteiger partial charge in [-0.2, -0.15) is 0 Å². The normalized spacial score (nSPS) is 12.3. The number of para-hydroxylation sites is 1. The van der Waals surface area contributed by atoms with E-state index in [0.717, 1.165) is 0 Å². The molecule has 0 aromatic heterocycles. The Morgan fingerprint density at radius 1 is 1.35 bits per heavy atom. The van der Waals surface area contributed by atoms with Gasteiger partial charge in [0.15, 0.2) is 0 Å². The third-order valence-corrected chi connectivity index (χ3v) is 2.05. The number of rotatable bonds is 5. The van der Waals surface area contributed by atoms with Crippen LogP contribution in [0.2, 0.25) is 0 Å². The molecule has 94 valence electrons. The van der Waals surface area contributed by atoms with Gasteiger partial charge in [0.25, 0.3) is 0 Å². The predicted molar refractivity (Wildman–Crippen MR) is 62.7 cm³/mol. The van der Waals surface area contributed by atoms with Crippen LogP contribution in [0.25, 0.3) is 0 Å². The first-order valence-electron chi connectivity index (χ1n) is 5.62. The average molecular weight is 240 g/mol. The summed E-state index contributed by atoms with van der Waals surface area (Å²) in [7, 11) is 0. The Balaban J connectivity index is 2.92. The molecule has 1 unspecified atom stereocenters. The number of carbonyl (C=O) groups excluding carboxylic acids is 1. The molecule has 4 heteroatoms. The van der Waals surface area contributed by atoms with Gasteiger partial charge in [-0.1, -0.05) is 18.2 Å². The molecular formula is C13H17FO3. The van der Waals surface area contributed by atoms with Gasteiger partial charge in [0.1, 0.15) is 5.75 Å². The zero-order valence-corrected chi connectivity index (χ0v) is 10.3. The Morgan fingerprint density at radius 3 is 2.59 bits per heavy atom. The lowest BCUT2D eigenvalue weighted by molar-refractivity contribution is -0.149. The van der Waals surface area contributed by atoms with Gasteiger partial charge in [0.2, 0.25) is 6.17 Å². The summed E-state index contributed by atoms with van der Waals surface area (Å²) in [5.41, 5.74) is 0.208. The molecule has 1 aromatic carbocycles. The molecule has 0 spiro atoms. The van der Waals surface area contributed by atoms with Crippen molar-refractivity contribution in [3.05, 3.63) is 29.8 Å². The van der Waals surface area contributed by atoms with E-state index >= 15 is 0 Å². The number of ether oxygens (including phenoxy) is 2. The van der Waals surface area contributed by atoms with Gasteiger partial charge in [-0.25, -0.2) is 9.18 Å². The molecule has 1 rings (SSSR count). The average Bonchev–Trinajstić information content (AvgIpc) is 2.28. The van der Waals surface area contributed by atoms with Crippen molar-refractivity contribution in [2.45, 2.75) is 33.0 Å². The molecule has 3 nitrogen and oxygen atoms in total. The number of benzene rings is 1. The summed E-state index contributed by atoms with van der Waals surface area (Å²) >= 11 is 0. The van der Waals surface area contributed by atoms with Gasteiger partial charge in [-0.15, -0.1) is 0 Å². The molecule has 0 radical (unpaired) electrons. The fourth-order valence-corrected chi connectivity index (χ4v) is 1.39. The minimum Gasteiger partial charge on any atom is -0.491 e. The SMILES string of the molecule is CCOC(=O)C(F)c1ccccc1OC(C)C. The van der Waals surface area contributed by atoms with Crippen molar-refractivity contribution in [3.8, 4) is 5.75 Å². The Bertz CT molecular complexity index is 377. The third-order valence-electron chi connectivity index (χ3n) is 2.05. The molecule has 0 saturated carbocycles. The summed E-state index contributed by atoms with van der Waals surface area (Å²) in [6, 6.07) is 6.56. The molecule has 0 bridgehead atoms. The lowest BCUT2D eigenvalue weighted by Gasteiger charge is -2.15. The molecule has 0 saturated heterocycles. The van der Waals surface area contributed by atoms with Crippen LogP contribution in [0.3, 0.4) is 0 Å². The number of hydrogen-bond donors (Lipinski definition) is 0. The molecule has 0 N–H and O–H groups in total. The quantitative estimate of drug-likeness (QED) is 0.742. The highest BCUT2D eigenvalue weighted by Gasteiger charge is 2.24. The van der Waals surface area contributed by atoms with E-state index in [-0.39, 0.29) is 18.3 Å². The molecule has 1 aromatic rings. The second-order valence-electron chi connectivity index (χ2n) is 3.82. The highest BCUT2D eigenvalue weighted by Crippen LogP contribution is 2.29. The number of hydrogen-bond acceptors (Lipinski definition) is 3. The summed E-state index contributed by atoms with van der Waals surface area (Å²) in [6.45, 7) is 5.48. The van der Waals surface area contributed by atoms with Crippen LogP contribution in [0, 0.1) is 0 Å². The molecule has 0 amide bonds. The van der Waals surface area contributed by atoms with Crippen molar-refractivity contribution < 1.29 is 18.7 Å². The highest BCUT2D eigenvalue weighted by molar-refractivity contribution is 5.77. The van der Waals surface area contributed by atoms with Gasteiger partial charge >= 0.3 is 5.97 Å². The minimum absolute atomic E-state index is 0.0782. The van der Waals surface area contributed by atoms with E-state index in [1.165, 1.54) is 6.07 Å². The van der Waals surface area contributed by atoms with Crippen molar-refractivity contribution >= 4 is 5.97 Å².